The molecule has 6 heteroatoms. The Morgan fingerprint density at radius 1 is 1.20 bits per heavy atom. The number of esters is 2. The lowest BCUT2D eigenvalue weighted by Gasteiger charge is -2.15. The fourth-order valence-corrected chi connectivity index (χ4v) is 2.82. The lowest BCUT2D eigenvalue weighted by atomic mass is 10.00. The molecule has 0 saturated carbocycles. The van der Waals surface area contributed by atoms with E-state index in [2.05, 4.69) is 4.98 Å². The first kappa shape index (κ1) is 14.5. The van der Waals surface area contributed by atoms with Crippen LogP contribution in [-0.4, -0.2) is 30.1 Å². The summed E-state index contributed by atoms with van der Waals surface area (Å²) in [7, 11) is 0. The van der Waals surface area contributed by atoms with Gasteiger partial charge < -0.3 is 9.47 Å². The van der Waals surface area contributed by atoms with Gasteiger partial charge in [-0.15, -0.1) is 11.3 Å². The molecule has 0 spiro atoms. The standard InChI is InChI=1S/C14H15NO4S/c1-3-18-13(16)11(14(17)19-4-2)9-5-7-15-10-6-8-20-12(9)10/h5-8,11H,3-4H2,1-2H3. The van der Waals surface area contributed by atoms with Gasteiger partial charge >= 0.3 is 11.9 Å². The minimum Gasteiger partial charge on any atom is -0.465 e. The maximum atomic E-state index is 12.1. The monoisotopic (exact) mass is 293 g/mol. The summed E-state index contributed by atoms with van der Waals surface area (Å²) in [5, 5.41) is 1.87. The van der Waals surface area contributed by atoms with Crippen LogP contribution in [0, 0.1) is 0 Å². The molecule has 2 aromatic heterocycles. The van der Waals surface area contributed by atoms with Crippen LogP contribution in [0.4, 0.5) is 0 Å². The maximum absolute atomic E-state index is 12.1. The average Bonchev–Trinajstić information content (AvgIpc) is 2.89. The Morgan fingerprint density at radius 2 is 1.85 bits per heavy atom. The van der Waals surface area contributed by atoms with Crippen LogP contribution in [0.3, 0.4) is 0 Å². The van der Waals surface area contributed by atoms with Crippen molar-refractivity contribution in [3.05, 3.63) is 29.3 Å². The third kappa shape index (κ3) is 2.80. The molecule has 0 atom stereocenters. The van der Waals surface area contributed by atoms with E-state index in [0.29, 0.717) is 5.56 Å². The van der Waals surface area contributed by atoms with E-state index < -0.39 is 17.9 Å². The summed E-state index contributed by atoms with van der Waals surface area (Å²) < 4.78 is 10.8. The molecule has 2 aromatic rings. The number of hydrogen-bond acceptors (Lipinski definition) is 6. The molecule has 20 heavy (non-hydrogen) atoms. The molecule has 5 nitrogen and oxygen atoms in total. The number of carbonyl (C=O) groups is 2. The van der Waals surface area contributed by atoms with E-state index in [1.807, 2.05) is 11.4 Å². The Labute approximate surface area is 120 Å². The van der Waals surface area contributed by atoms with E-state index >= 15 is 0 Å². The predicted octanol–water partition coefficient (Wildman–Crippen LogP) is 2.51. The lowest BCUT2D eigenvalue weighted by Crippen LogP contribution is -2.26. The second-order valence-electron chi connectivity index (χ2n) is 3.97. The van der Waals surface area contributed by atoms with Crippen LogP contribution >= 0.6 is 11.3 Å². The summed E-state index contributed by atoms with van der Waals surface area (Å²) in [4.78, 5) is 28.4. The highest BCUT2D eigenvalue weighted by molar-refractivity contribution is 7.17. The molecule has 2 rings (SSSR count). The number of ether oxygens (including phenoxy) is 2. The van der Waals surface area contributed by atoms with Gasteiger partial charge in [0.15, 0.2) is 5.92 Å². The van der Waals surface area contributed by atoms with Crippen LogP contribution in [0.1, 0.15) is 25.3 Å². The normalized spacial score (nSPS) is 10.8. The van der Waals surface area contributed by atoms with Crippen LogP contribution in [0.25, 0.3) is 10.2 Å². The molecule has 0 aliphatic carbocycles. The SMILES string of the molecule is CCOC(=O)C(C(=O)OCC)c1ccnc2ccsc12. The van der Waals surface area contributed by atoms with Gasteiger partial charge in [-0.2, -0.15) is 0 Å². The largest absolute Gasteiger partial charge is 0.465 e. The van der Waals surface area contributed by atoms with Gasteiger partial charge in [0, 0.05) is 6.20 Å². The van der Waals surface area contributed by atoms with Gasteiger partial charge in [-0.1, -0.05) is 0 Å². The lowest BCUT2D eigenvalue weighted by molar-refractivity contribution is -0.156. The molecule has 0 bridgehead atoms. The summed E-state index contributed by atoms with van der Waals surface area (Å²) >= 11 is 1.44. The highest BCUT2D eigenvalue weighted by Gasteiger charge is 2.33. The Morgan fingerprint density at radius 3 is 2.45 bits per heavy atom. The molecule has 0 amide bonds. The van der Waals surface area contributed by atoms with Gasteiger partial charge in [-0.3, -0.25) is 14.6 Å². The molecule has 0 N–H and O–H groups in total. The summed E-state index contributed by atoms with van der Waals surface area (Å²) in [6.07, 6.45) is 1.58. The van der Waals surface area contributed by atoms with E-state index in [9.17, 15) is 9.59 Å². The molecule has 0 fully saturated rings. The zero-order valence-electron chi connectivity index (χ0n) is 11.3. The average molecular weight is 293 g/mol. The second kappa shape index (κ2) is 6.47. The minimum atomic E-state index is -1.06. The van der Waals surface area contributed by atoms with Crippen LogP contribution < -0.4 is 0 Å². The maximum Gasteiger partial charge on any atom is 0.324 e. The van der Waals surface area contributed by atoms with E-state index in [0.717, 1.165) is 10.2 Å². The van der Waals surface area contributed by atoms with Gasteiger partial charge in [-0.25, -0.2) is 0 Å². The van der Waals surface area contributed by atoms with Crippen molar-refractivity contribution < 1.29 is 19.1 Å². The summed E-state index contributed by atoms with van der Waals surface area (Å²) in [5.41, 5.74) is 1.34. The van der Waals surface area contributed by atoms with E-state index in [1.54, 1.807) is 26.1 Å². The van der Waals surface area contributed by atoms with Crippen LogP contribution in [0.5, 0.6) is 0 Å². The fourth-order valence-electron chi connectivity index (χ4n) is 1.92. The van der Waals surface area contributed by atoms with Crippen molar-refractivity contribution in [2.24, 2.45) is 0 Å². The van der Waals surface area contributed by atoms with E-state index in [4.69, 9.17) is 9.47 Å². The molecular weight excluding hydrogens is 278 g/mol. The van der Waals surface area contributed by atoms with Crippen LogP contribution in [0.15, 0.2) is 23.7 Å². The van der Waals surface area contributed by atoms with Crippen LogP contribution in [-0.2, 0) is 19.1 Å². The third-order valence-electron chi connectivity index (χ3n) is 2.73. The Balaban J connectivity index is 2.47. The number of pyridine rings is 1. The van der Waals surface area contributed by atoms with Crippen molar-refractivity contribution in [2.75, 3.05) is 13.2 Å². The highest BCUT2D eigenvalue weighted by Crippen LogP contribution is 2.30. The van der Waals surface area contributed by atoms with Crippen molar-refractivity contribution in [3.8, 4) is 0 Å². The van der Waals surface area contributed by atoms with Crippen LogP contribution in [0.2, 0.25) is 0 Å². The van der Waals surface area contributed by atoms with E-state index in [-0.39, 0.29) is 13.2 Å². The quantitative estimate of drug-likeness (QED) is 0.626. The van der Waals surface area contributed by atoms with Gasteiger partial charge in [-0.05, 0) is 36.9 Å². The van der Waals surface area contributed by atoms with Gasteiger partial charge in [0.2, 0.25) is 0 Å². The molecule has 0 aromatic carbocycles. The molecule has 0 aliphatic rings. The number of carbonyl (C=O) groups excluding carboxylic acids is 2. The Hall–Kier alpha value is -1.95. The van der Waals surface area contributed by atoms with Crippen molar-refractivity contribution in [2.45, 2.75) is 19.8 Å². The summed E-state index contributed by atoms with van der Waals surface area (Å²) in [6.45, 7) is 3.83. The first-order valence-electron chi connectivity index (χ1n) is 6.34. The first-order chi connectivity index (χ1) is 9.69. The molecule has 0 aliphatic heterocycles. The smallest absolute Gasteiger partial charge is 0.324 e. The van der Waals surface area contributed by atoms with Crippen molar-refractivity contribution in [1.82, 2.24) is 4.98 Å². The summed E-state index contributed by atoms with van der Waals surface area (Å²) in [5.74, 6) is -2.24. The molecule has 2 heterocycles. The van der Waals surface area contributed by atoms with Gasteiger partial charge in [0.05, 0.1) is 23.4 Å². The topological polar surface area (TPSA) is 65.5 Å². The Bertz CT molecular complexity index is 604. The number of aromatic nitrogens is 1. The predicted molar refractivity (Wildman–Crippen MR) is 75.6 cm³/mol. The zero-order valence-corrected chi connectivity index (χ0v) is 12.1. The number of fused-ring (bicyclic) bond motifs is 1. The molecule has 106 valence electrons. The first-order valence-corrected chi connectivity index (χ1v) is 7.22. The number of nitrogens with zero attached hydrogens (tertiary/aromatic N) is 1. The van der Waals surface area contributed by atoms with Gasteiger partial charge in [0.25, 0.3) is 0 Å². The fraction of sp³-hybridized carbons (Fsp3) is 0.357. The minimum absolute atomic E-state index is 0.216. The second-order valence-corrected chi connectivity index (χ2v) is 4.89. The molecule has 0 saturated heterocycles. The summed E-state index contributed by atoms with van der Waals surface area (Å²) in [6, 6.07) is 3.51. The number of hydrogen-bond donors (Lipinski definition) is 0. The van der Waals surface area contributed by atoms with Crippen molar-refractivity contribution in [1.29, 1.82) is 0 Å². The molecule has 0 unspecified atom stereocenters. The van der Waals surface area contributed by atoms with Crippen molar-refractivity contribution in [3.63, 3.8) is 0 Å². The molecule has 0 radical (unpaired) electrons. The van der Waals surface area contributed by atoms with E-state index in [1.165, 1.54) is 11.3 Å². The van der Waals surface area contributed by atoms with Crippen molar-refractivity contribution >= 4 is 33.5 Å². The third-order valence-corrected chi connectivity index (χ3v) is 3.68. The highest BCUT2D eigenvalue weighted by atomic mass is 32.1. The number of rotatable bonds is 5. The Kier molecular flexibility index (Phi) is 4.68. The zero-order chi connectivity index (χ0) is 14.5. The molecular formula is C14H15NO4S. The number of thiophene rings is 1. The van der Waals surface area contributed by atoms with Gasteiger partial charge in [0.1, 0.15) is 0 Å².